The maximum absolute atomic E-state index is 6.02. The van der Waals surface area contributed by atoms with Crippen molar-refractivity contribution >= 4 is 61.8 Å². The minimum absolute atomic E-state index is 0.230. The second-order valence-electron chi connectivity index (χ2n) is 4.36. The second kappa shape index (κ2) is 4.86. The second-order valence-corrected chi connectivity index (χ2v) is 7.69. The summed E-state index contributed by atoms with van der Waals surface area (Å²) in [5.74, 6) is 0. The summed E-state index contributed by atoms with van der Waals surface area (Å²) in [6, 6.07) is 6.18. The molecule has 1 nitrogen and oxygen atoms in total. The van der Waals surface area contributed by atoms with Gasteiger partial charge in [-0.2, -0.15) is 0 Å². The number of aryl methyl sites for hydroxylation is 1. The summed E-state index contributed by atoms with van der Waals surface area (Å²) in [6.45, 7) is 2.06. The lowest BCUT2D eigenvalue weighted by Crippen LogP contribution is -2.10. The van der Waals surface area contributed by atoms with Gasteiger partial charge >= 0.3 is 0 Å². The number of aromatic nitrogens is 1. The highest BCUT2D eigenvalue weighted by Gasteiger charge is 2.30. The molecule has 1 atom stereocenters. The molecular weight excluding hydrogens is 353 g/mol. The lowest BCUT2D eigenvalue weighted by Gasteiger charge is -2.08. The number of halogens is 3. The SMILES string of the molecule is Cc1nc2ccc(Br)cc2c2c1CC(C(Cl)Cl)S2. The van der Waals surface area contributed by atoms with Crippen molar-refractivity contribution in [3.8, 4) is 0 Å². The molecule has 0 saturated heterocycles. The van der Waals surface area contributed by atoms with Crippen LogP contribution in [0.5, 0.6) is 0 Å². The van der Waals surface area contributed by atoms with E-state index in [-0.39, 0.29) is 10.1 Å². The van der Waals surface area contributed by atoms with Gasteiger partial charge in [0.25, 0.3) is 0 Å². The average Bonchev–Trinajstić information content (AvgIpc) is 2.76. The Bertz CT molecular complexity index is 630. The summed E-state index contributed by atoms with van der Waals surface area (Å²) in [5, 5.41) is 1.42. The van der Waals surface area contributed by atoms with Crippen LogP contribution in [0.3, 0.4) is 0 Å². The molecule has 2 heterocycles. The molecule has 5 heteroatoms. The molecule has 94 valence electrons. The number of fused-ring (bicyclic) bond motifs is 3. The quantitative estimate of drug-likeness (QED) is 0.652. The third-order valence-electron chi connectivity index (χ3n) is 3.16. The van der Waals surface area contributed by atoms with Crippen molar-refractivity contribution in [3.05, 3.63) is 33.9 Å². The Morgan fingerprint density at radius 2 is 2.22 bits per heavy atom. The number of benzene rings is 1. The lowest BCUT2D eigenvalue weighted by atomic mass is 10.1. The van der Waals surface area contributed by atoms with E-state index >= 15 is 0 Å². The molecule has 1 aliphatic heterocycles. The Kier molecular flexibility index (Phi) is 3.52. The van der Waals surface area contributed by atoms with Crippen LogP contribution < -0.4 is 0 Å². The van der Waals surface area contributed by atoms with Crippen molar-refractivity contribution < 1.29 is 0 Å². The predicted octanol–water partition coefficient (Wildman–Crippen LogP) is 5.13. The summed E-state index contributed by atoms with van der Waals surface area (Å²) in [7, 11) is 0. The Morgan fingerprint density at radius 3 is 2.94 bits per heavy atom. The largest absolute Gasteiger partial charge is 0.253 e. The van der Waals surface area contributed by atoms with Gasteiger partial charge in [0, 0.05) is 25.7 Å². The number of nitrogens with zero attached hydrogens (tertiary/aromatic N) is 1. The van der Waals surface area contributed by atoms with E-state index in [1.807, 2.05) is 12.1 Å². The maximum atomic E-state index is 6.02. The van der Waals surface area contributed by atoms with Crippen molar-refractivity contribution in [2.75, 3.05) is 0 Å². The van der Waals surface area contributed by atoms with Gasteiger partial charge in [-0.05, 0) is 37.1 Å². The molecule has 0 amide bonds. The van der Waals surface area contributed by atoms with Crippen molar-refractivity contribution in [1.82, 2.24) is 4.98 Å². The molecule has 1 aromatic heterocycles. The topological polar surface area (TPSA) is 12.9 Å². The van der Waals surface area contributed by atoms with Crippen LogP contribution in [0.1, 0.15) is 11.3 Å². The maximum Gasteiger partial charge on any atom is 0.120 e. The monoisotopic (exact) mass is 361 g/mol. The van der Waals surface area contributed by atoms with Crippen LogP contribution in [-0.4, -0.2) is 15.1 Å². The molecule has 1 aliphatic rings. The van der Waals surface area contributed by atoms with E-state index in [4.69, 9.17) is 23.2 Å². The summed E-state index contributed by atoms with van der Waals surface area (Å²) < 4.78 is 1.07. The first-order valence-corrected chi connectivity index (χ1v) is 8.14. The van der Waals surface area contributed by atoms with E-state index in [0.717, 1.165) is 22.1 Å². The molecule has 18 heavy (non-hydrogen) atoms. The molecule has 0 N–H and O–H groups in total. The van der Waals surface area contributed by atoms with E-state index in [1.54, 1.807) is 11.8 Å². The van der Waals surface area contributed by atoms with Crippen LogP contribution in [0, 0.1) is 6.92 Å². The van der Waals surface area contributed by atoms with Gasteiger partial charge in [-0.25, -0.2) is 0 Å². The molecule has 0 aliphatic carbocycles. The van der Waals surface area contributed by atoms with Crippen LogP contribution in [-0.2, 0) is 6.42 Å². The standard InChI is InChI=1S/C13H10BrCl2NS/c1-6-8-5-11(13(15)16)18-12(8)9-4-7(14)2-3-10(9)17-6/h2-4,11,13H,5H2,1H3. The van der Waals surface area contributed by atoms with Crippen molar-refractivity contribution in [3.63, 3.8) is 0 Å². The van der Waals surface area contributed by atoms with E-state index < -0.39 is 0 Å². The first-order chi connectivity index (χ1) is 8.56. The molecule has 0 bridgehead atoms. The number of rotatable bonds is 1. The highest BCUT2D eigenvalue weighted by atomic mass is 79.9. The van der Waals surface area contributed by atoms with Gasteiger partial charge in [-0.15, -0.1) is 35.0 Å². The van der Waals surface area contributed by atoms with Gasteiger partial charge < -0.3 is 0 Å². The van der Waals surface area contributed by atoms with Gasteiger partial charge in [0.15, 0.2) is 0 Å². The van der Waals surface area contributed by atoms with Crippen molar-refractivity contribution in [2.24, 2.45) is 0 Å². The van der Waals surface area contributed by atoms with E-state index in [9.17, 15) is 0 Å². The summed E-state index contributed by atoms with van der Waals surface area (Å²) >= 11 is 17.3. The van der Waals surface area contributed by atoms with Crippen LogP contribution >= 0.6 is 50.9 Å². The predicted molar refractivity (Wildman–Crippen MR) is 83.0 cm³/mol. The molecule has 0 saturated carbocycles. The minimum atomic E-state index is -0.344. The number of hydrogen-bond donors (Lipinski definition) is 0. The Balaban J connectivity index is 2.22. The third-order valence-corrected chi connectivity index (χ3v) is 6.00. The summed E-state index contributed by atoms with van der Waals surface area (Å²) in [6.07, 6.45) is 0.902. The highest BCUT2D eigenvalue weighted by Crippen LogP contribution is 2.45. The first-order valence-electron chi connectivity index (χ1n) is 5.60. The average molecular weight is 363 g/mol. The van der Waals surface area contributed by atoms with E-state index in [1.165, 1.54) is 15.8 Å². The minimum Gasteiger partial charge on any atom is -0.253 e. The zero-order valence-electron chi connectivity index (χ0n) is 9.58. The molecule has 0 radical (unpaired) electrons. The third kappa shape index (κ3) is 2.15. The fourth-order valence-electron chi connectivity index (χ4n) is 2.27. The van der Waals surface area contributed by atoms with Gasteiger partial charge in [-0.1, -0.05) is 15.9 Å². The van der Waals surface area contributed by atoms with Gasteiger partial charge in [0.2, 0.25) is 0 Å². The van der Waals surface area contributed by atoms with Crippen molar-refractivity contribution in [1.29, 1.82) is 0 Å². The number of alkyl halides is 2. The summed E-state index contributed by atoms with van der Waals surface area (Å²) in [4.78, 5) is 5.61. The van der Waals surface area contributed by atoms with Gasteiger partial charge in [0.1, 0.15) is 4.84 Å². The summed E-state index contributed by atoms with van der Waals surface area (Å²) in [5.41, 5.74) is 3.41. The lowest BCUT2D eigenvalue weighted by molar-refractivity contribution is 0.912. The zero-order valence-corrected chi connectivity index (χ0v) is 13.5. The Hall–Kier alpha value is 0.0400. The van der Waals surface area contributed by atoms with Crippen LogP contribution in [0.2, 0.25) is 0 Å². The van der Waals surface area contributed by atoms with Crippen LogP contribution in [0.4, 0.5) is 0 Å². The van der Waals surface area contributed by atoms with Crippen LogP contribution in [0.15, 0.2) is 27.6 Å². The molecular formula is C13H10BrCl2NS. The smallest absolute Gasteiger partial charge is 0.120 e. The number of thioether (sulfide) groups is 1. The number of pyridine rings is 1. The Labute approximate surface area is 128 Å². The molecule has 0 fully saturated rings. The highest BCUT2D eigenvalue weighted by molar-refractivity contribution is 9.10. The van der Waals surface area contributed by atoms with Crippen molar-refractivity contribution in [2.45, 2.75) is 28.3 Å². The van der Waals surface area contributed by atoms with Crippen LogP contribution in [0.25, 0.3) is 10.9 Å². The molecule has 1 aromatic carbocycles. The van der Waals surface area contributed by atoms with Gasteiger partial charge in [-0.3, -0.25) is 4.98 Å². The van der Waals surface area contributed by atoms with E-state index in [2.05, 4.69) is 33.9 Å². The molecule has 0 spiro atoms. The number of hydrogen-bond acceptors (Lipinski definition) is 2. The normalized spacial score (nSPS) is 18.6. The first kappa shape index (κ1) is 13.0. The molecule has 2 aromatic rings. The zero-order chi connectivity index (χ0) is 12.9. The fraction of sp³-hybridized carbons (Fsp3) is 0.308. The van der Waals surface area contributed by atoms with E-state index in [0.29, 0.717) is 0 Å². The molecule has 3 rings (SSSR count). The molecule has 1 unspecified atom stereocenters. The van der Waals surface area contributed by atoms with Gasteiger partial charge in [0.05, 0.1) is 5.52 Å². The fourth-order valence-corrected chi connectivity index (χ4v) is 4.44. The Morgan fingerprint density at radius 1 is 1.44 bits per heavy atom.